The molecule has 0 aliphatic rings. The lowest BCUT2D eigenvalue weighted by Gasteiger charge is -2.05. The minimum atomic E-state index is -3.20. The molecule has 0 saturated heterocycles. The Balaban J connectivity index is 3.29. The summed E-state index contributed by atoms with van der Waals surface area (Å²) in [5, 5.41) is 8.54. The summed E-state index contributed by atoms with van der Waals surface area (Å²) in [5.41, 5.74) is 0.580. The molecule has 3 nitrogen and oxygen atoms in total. The van der Waals surface area contributed by atoms with Gasteiger partial charge in [0.1, 0.15) is 0 Å². The van der Waals surface area contributed by atoms with Gasteiger partial charge in [-0.3, -0.25) is 0 Å². The molecule has 14 heavy (non-hydrogen) atoms. The molecule has 1 aromatic rings. The summed E-state index contributed by atoms with van der Waals surface area (Å²) in [6, 6.07) is 8.58. The zero-order valence-corrected chi connectivity index (χ0v) is 8.71. The lowest BCUT2D eigenvalue weighted by molar-refractivity contribution is 0.596. The van der Waals surface area contributed by atoms with Crippen molar-refractivity contribution >= 4 is 9.84 Å². The van der Waals surface area contributed by atoms with E-state index in [9.17, 15) is 8.42 Å². The zero-order valence-electron chi connectivity index (χ0n) is 7.90. The number of sulfone groups is 1. The fraction of sp³-hybridized carbons (Fsp3) is 0.300. The highest BCUT2D eigenvalue weighted by molar-refractivity contribution is 7.91. The summed E-state index contributed by atoms with van der Waals surface area (Å²) in [4.78, 5) is 0.282. The monoisotopic (exact) mass is 209 g/mol. The van der Waals surface area contributed by atoms with E-state index in [0.717, 1.165) is 0 Å². The quantitative estimate of drug-likeness (QED) is 0.758. The minimum Gasteiger partial charge on any atom is -0.224 e. The lowest BCUT2D eigenvalue weighted by atomic mass is 10.2. The van der Waals surface area contributed by atoms with E-state index < -0.39 is 9.84 Å². The van der Waals surface area contributed by atoms with E-state index in [0.29, 0.717) is 5.56 Å². The molecular formula is C10H11NO2S. The maximum atomic E-state index is 11.6. The van der Waals surface area contributed by atoms with Crippen LogP contribution in [0.15, 0.2) is 29.2 Å². The largest absolute Gasteiger partial charge is 0.224 e. The zero-order chi connectivity index (χ0) is 10.6. The Labute approximate surface area is 83.9 Å². The van der Waals surface area contributed by atoms with Crippen LogP contribution < -0.4 is 0 Å². The molecule has 0 fully saturated rings. The molecule has 0 amide bonds. The summed E-state index contributed by atoms with van der Waals surface area (Å²) in [5.74, 6) is 0.0649. The number of nitrogens with zero attached hydrogens (tertiary/aromatic N) is 1. The highest BCUT2D eigenvalue weighted by Gasteiger charge is 2.15. The number of rotatable bonds is 3. The minimum absolute atomic E-state index is 0.0649. The molecule has 4 heteroatoms. The Hall–Kier alpha value is -1.34. The SMILES string of the molecule is CCS(=O)(=O)c1ccccc1CC#N. The Bertz CT molecular complexity index is 457. The topological polar surface area (TPSA) is 57.9 Å². The van der Waals surface area contributed by atoms with E-state index in [-0.39, 0.29) is 17.1 Å². The van der Waals surface area contributed by atoms with Gasteiger partial charge in [-0.05, 0) is 11.6 Å². The van der Waals surface area contributed by atoms with Gasteiger partial charge < -0.3 is 0 Å². The molecule has 0 spiro atoms. The molecule has 0 saturated carbocycles. The van der Waals surface area contributed by atoms with Crippen LogP contribution >= 0.6 is 0 Å². The predicted octanol–water partition coefficient (Wildman–Crippen LogP) is 1.55. The van der Waals surface area contributed by atoms with E-state index in [1.165, 1.54) is 0 Å². The maximum Gasteiger partial charge on any atom is 0.178 e. The van der Waals surface area contributed by atoms with Crippen molar-refractivity contribution in [3.8, 4) is 6.07 Å². The van der Waals surface area contributed by atoms with Gasteiger partial charge in [0.15, 0.2) is 9.84 Å². The molecule has 0 aliphatic heterocycles. The van der Waals surface area contributed by atoms with Crippen molar-refractivity contribution in [1.82, 2.24) is 0 Å². The van der Waals surface area contributed by atoms with Gasteiger partial charge in [0.2, 0.25) is 0 Å². The van der Waals surface area contributed by atoms with Crippen molar-refractivity contribution in [3.63, 3.8) is 0 Å². The average molecular weight is 209 g/mol. The first-order valence-electron chi connectivity index (χ1n) is 4.29. The molecule has 0 N–H and O–H groups in total. The molecule has 74 valence electrons. The molecule has 0 aromatic heterocycles. The van der Waals surface area contributed by atoms with E-state index in [1.807, 2.05) is 6.07 Å². The first kappa shape index (κ1) is 10.7. The number of hydrogen-bond acceptors (Lipinski definition) is 3. The second kappa shape index (κ2) is 4.25. The van der Waals surface area contributed by atoms with Crippen molar-refractivity contribution in [2.24, 2.45) is 0 Å². The van der Waals surface area contributed by atoms with Gasteiger partial charge in [-0.25, -0.2) is 8.42 Å². The van der Waals surface area contributed by atoms with Crippen molar-refractivity contribution in [2.75, 3.05) is 5.75 Å². The van der Waals surface area contributed by atoms with Crippen molar-refractivity contribution in [2.45, 2.75) is 18.2 Å². The Morgan fingerprint density at radius 1 is 1.36 bits per heavy atom. The average Bonchev–Trinajstić information content (AvgIpc) is 2.19. The summed E-state index contributed by atoms with van der Waals surface area (Å²) in [6.07, 6.45) is 0.134. The summed E-state index contributed by atoms with van der Waals surface area (Å²) >= 11 is 0. The lowest BCUT2D eigenvalue weighted by Crippen LogP contribution is -2.06. The summed E-state index contributed by atoms with van der Waals surface area (Å²) < 4.78 is 23.2. The van der Waals surface area contributed by atoms with Gasteiger partial charge >= 0.3 is 0 Å². The van der Waals surface area contributed by atoms with Crippen LogP contribution in [0.2, 0.25) is 0 Å². The van der Waals surface area contributed by atoms with Crippen LogP contribution in [0.4, 0.5) is 0 Å². The van der Waals surface area contributed by atoms with Gasteiger partial charge in [-0.2, -0.15) is 5.26 Å². The van der Waals surface area contributed by atoms with E-state index in [4.69, 9.17) is 5.26 Å². The normalized spacial score (nSPS) is 10.9. The number of nitriles is 1. The fourth-order valence-electron chi connectivity index (χ4n) is 1.19. The Morgan fingerprint density at radius 2 is 2.00 bits per heavy atom. The molecule has 0 radical (unpaired) electrons. The van der Waals surface area contributed by atoms with E-state index >= 15 is 0 Å². The van der Waals surface area contributed by atoms with Gasteiger partial charge in [-0.1, -0.05) is 25.1 Å². The molecule has 0 heterocycles. The van der Waals surface area contributed by atoms with E-state index in [1.54, 1.807) is 31.2 Å². The standard InChI is InChI=1S/C10H11NO2S/c1-2-14(12,13)10-6-4-3-5-9(10)7-8-11/h3-6H,2,7H2,1H3. The van der Waals surface area contributed by atoms with Crippen LogP contribution in [0.5, 0.6) is 0 Å². The van der Waals surface area contributed by atoms with Gasteiger partial charge in [0.25, 0.3) is 0 Å². The van der Waals surface area contributed by atoms with Crippen molar-refractivity contribution < 1.29 is 8.42 Å². The first-order chi connectivity index (χ1) is 6.61. The highest BCUT2D eigenvalue weighted by atomic mass is 32.2. The fourth-order valence-corrected chi connectivity index (χ4v) is 2.33. The van der Waals surface area contributed by atoms with Gasteiger partial charge in [0.05, 0.1) is 23.1 Å². The summed E-state index contributed by atoms with van der Waals surface area (Å²) in [7, 11) is -3.20. The number of benzene rings is 1. The van der Waals surface area contributed by atoms with Crippen molar-refractivity contribution in [3.05, 3.63) is 29.8 Å². The second-order valence-electron chi connectivity index (χ2n) is 2.85. The van der Waals surface area contributed by atoms with Crippen LogP contribution in [0.1, 0.15) is 12.5 Å². The number of hydrogen-bond donors (Lipinski definition) is 0. The van der Waals surface area contributed by atoms with Crippen LogP contribution in [-0.2, 0) is 16.3 Å². The Kier molecular flexibility index (Phi) is 3.26. The van der Waals surface area contributed by atoms with Crippen LogP contribution in [-0.4, -0.2) is 14.2 Å². The van der Waals surface area contributed by atoms with Crippen LogP contribution in [0.3, 0.4) is 0 Å². The first-order valence-corrected chi connectivity index (χ1v) is 5.94. The van der Waals surface area contributed by atoms with Crippen LogP contribution in [0, 0.1) is 11.3 Å². The molecule has 0 aliphatic carbocycles. The predicted molar refractivity (Wildman–Crippen MR) is 53.5 cm³/mol. The van der Waals surface area contributed by atoms with Crippen molar-refractivity contribution in [1.29, 1.82) is 5.26 Å². The smallest absolute Gasteiger partial charge is 0.178 e. The van der Waals surface area contributed by atoms with E-state index in [2.05, 4.69) is 0 Å². The summed E-state index contributed by atoms with van der Waals surface area (Å²) in [6.45, 7) is 1.60. The molecule has 0 unspecified atom stereocenters. The van der Waals surface area contributed by atoms with Gasteiger partial charge in [0, 0.05) is 0 Å². The molecule has 0 atom stereocenters. The van der Waals surface area contributed by atoms with Crippen LogP contribution in [0.25, 0.3) is 0 Å². The molecule has 1 rings (SSSR count). The molecule has 1 aromatic carbocycles. The maximum absolute atomic E-state index is 11.6. The highest BCUT2D eigenvalue weighted by Crippen LogP contribution is 2.16. The third-order valence-electron chi connectivity index (χ3n) is 1.96. The molecular weight excluding hydrogens is 198 g/mol. The second-order valence-corrected chi connectivity index (χ2v) is 5.09. The van der Waals surface area contributed by atoms with Gasteiger partial charge in [-0.15, -0.1) is 0 Å². The molecule has 0 bridgehead atoms. The third-order valence-corrected chi connectivity index (χ3v) is 3.79. The Morgan fingerprint density at radius 3 is 2.57 bits per heavy atom. The third kappa shape index (κ3) is 2.12.